The SMILES string of the molecule is CCNCC1(CCl)CCCCC1. The van der Waals surface area contributed by atoms with Crippen LogP contribution in [0.4, 0.5) is 0 Å². The van der Waals surface area contributed by atoms with Crippen molar-refractivity contribution in [3.63, 3.8) is 0 Å². The second-order valence-electron chi connectivity index (χ2n) is 3.97. The molecule has 12 heavy (non-hydrogen) atoms. The maximum atomic E-state index is 6.03. The number of alkyl halides is 1. The van der Waals surface area contributed by atoms with Gasteiger partial charge in [0.2, 0.25) is 0 Å². The van der Waals surface area contributed by atoms with E-state index in [4.69, 9.17) is 11.6 Å². The minimum Gasteiger partial charge on any atom is -0.316 e. The Balaban J connectivity index is 2.37. The molecule has 1 aliphatic rings. The Morgan fingerprint density at radius 1 is 1.25 bits per heavy atom. The average Bonchev–Trinajstić information content (AvgIpc) is 2.16. The third-order valence-corrected chi connectivity index (χ3v) is 3.51. The Labute approximate surface area is 80.9 Å². The molecule has 0 aliphatic heterocycles. The summed E-state index contributed by atoms with van der Waals surface area (Å²) >= 11 is 6.03. The van der Waals surface area contributed by atoms with Gasteiger partial charge in [-0.1, -0.05) is 26.2 Å². The van der Waals surface area contributed by atoms with Crippen LogP contribution in [0.1, 0.15) is 39.0 Å². The lowest BCUT2D eigenvalue weighted by Gasteiger charge is -2.35. The van der Waals surface area contributed by atoms with Crippen LogP contribution in [-0.2, 0) is 0 Å². The topological polar surface area (TPSA) is 12.0 Å². The van der Waals surface area contributed by atoms with Gasteiger partial charge in [-0.2, -0.15) is 0 Å². The first-order valence-corrected chi connectivity index (χ1v) is 5.63. The van der Waals surface area contributed by atoms with Crippen molar-refractivity contribution in [1.29, 1.82) is 0 Å². The van der Waals surface area contributed by atoms with Gasteiger partial charge in [-0.25, -0.2) is 0 Å². The quantitative estimate of drug-likeness (QED) is 0.671. The number of rotatable bonds is 4. The van der Waals surface area contributed by atoms with Crippen LogP contribution >= 0.6 is 11.6 Å². The van der Waals surface area contributed by atoms with Gasteiger partial charge in [0.25, 0.3) is 0 Å². The monoisotopic (exact) mass is 189 g/mol. The smallest absolute Gasteiger partial charge is 0.0292 e. The Hall–Kier alpha value is 0.250. The zero-order valence-corrected chi connectivity index (χ0v) is 8.79. The van der Waals surface area contributed by atoms with Crippen LogP contribution in [-0.4, -0.2) is 19.0 Å². The molecular formula is C10H20ClN. The second kappa shape index (κ2) is 5.08. The lowest BCUT2D eigenvalue weighted by Crippen LogP contribution is -2.37. The van der Waals surface area contributed by atoms with E-state index in [9.17, 15) is 0 Å². The minimum absolute atomic E-state index is 0.426. The Morgan fingerprint density at radius 3 is 2.42 bits per heavy atom. The standard InChI is InChI=1S/C10H20ClN/c1-2-12-9-10(8-11)6-4-3-5-7-10/h12H,2-9H2,1H3. The van der Waals surface area contributed by atoms with Crippen molar-refractivity contribution in [2.24, 2.45) is 5.41 Å². The lowest BCUT2D eigenvalue weighted by molar-refractivity contribution is 0.214. The fourth-order valence-corrected chi connectivity index (χ4v) is 2.41. The Kier molecular flexibility index (Phi) is 4.38. The molecule has 1 saturated carbocycles. The Bertz CT molecular complexity index is 119. The number of hydrogen-bond donors (Lipinski definition) is 1. The molecule has 1 nitrogen and oxygen atoms in total. The van der Waals surface area contributed by atoms with Crippen LogP contribution in [0.5, 0.6) is 0 Å². The van der Waals surface area contributed by atoms with Crippen LogP contribution in [0.15, 0.2) is 0 Å². The van der Waals surface area contributed by atoms with Gasteiger partial charge in [0.05, 0.1) is 0 Å². The van der Waals surface area contributed by atoms with Crippen molar-refractivity contribution < 1.29 is 0 Å². The molecule has 1 fully saturated rings. The molecule has 2 heteroatoms. The fourth-order valence-electron chi connectivity index (χ4n) is 2.05. The molecule has 0 aromatic rings. The van der Waals surface area contributed by atoms with Gasteiger partial charge in [0.15, 0.2) is 0 Å². The molecule has 0 aromatic heterocycles. The van der Waals surface area contributed by atoms with Crippen molar-refractivity contribution in [3.05, 3.63) is 0 Å². The third kappa shape index (κ3) is 2.63. The van der Waals surface area contributed by atoms with Crippen molar-refractivity contribution in [3.8, 4) is 0 Å². The highest BCUT2D eigenvalue weighted by atomic mass is 35.5. The number of halogens is 1. The van der Waals surface area contributed by atoms with E-state index in [1.54, 1.807) is 0 Å². The van der Waals surface area contributed by atoms with Crippen LogP contribution in [0.2, 0.25) is 0 Å². The normalized spacial score (nSPS) is 22.5. The van der Waals surface area contributed by atoms with Crippen LogP contribution in [0, 0.1) is 5.41 Å². The van der Waals surface area contributed by atoms with Gasteiger partial charge < -0.3 is 5.32 Å². The van der Waals surface area contributed by atoms with Gasteiger partial charge in [-0.05, 0) is 24.8 Å². The maximum absolute atomic E-state index is 6.03. The van der Waals surface area contributed by atoms with E-state index in [1.807, 2.05) is 0 Å². The zero-order chi connectivity index (χ0) is 8.86. The van der Waals surface area contributed by atoms with Gasteiger partial charge >= 0.3 is 0 Å². The summed E-state index contributed by atoms with van der Waals surface area (Å²) in [6, 6.07) is 0. The third-order valence-electron chi connectivity index (χ3n) is 2.95. The van der Waals surface area contributed by atoms with Crippen molar-refractivity contribution in [1.82, 2.24) is 5.32 Å². The molecular weight excluding hydrogens is 170 g/mol. The number of hydrogen-bond acceptors (Lipinski definition) is 1. The molecule has 0 spiro atoms. The molecule has 0 amide bonds. The van der Waals surface area contributed by atoms with Crippen LogP contribution in [0.25, 0.3) is 0 Å². The van der Waals surface area contributed by atoms with E-state index in [-0.39, 0.29) is 0 Å². The van der Waals surface area contributed by atoms with E-state index in [0.29, 0.717) is 5.41 Å². The minimum atomic E-state index is 0.426. The molecule has 1 N–H and O–H groups in total. The first-order chi connectivity index (χ1) is 5.83. The van der Waals surface area contributed by atoms with E-state index in [0.717, 1.165) is 19.0 Å². The molecule has 1 aliphatic carbocycles. The highest BCUT2D eigenvalue weighted by Gasteiger charge is 2.30. The van der Waals surface area contributed by atoms with Crippen molar-refractivity contribution >= 4 is 11.6 Å². The van der Waals surface area contributed by atoms with Crippen molar-refractivity contribution in [2.75, 3.05) is 19.0 Å². The predicted octanol–water partition coefficient (Wildman–Crippen LogP) is 2.79. The van der Waals surface area contributed by atoms with Crippen LogP contribution < -0.4 is 5.32 Å². The van der Waals surface area contributed by atoms with E-state index < -0.39 is 0 Å². The summed E-state index contributed by atoms with van der Waals surface area (Å²) in [7, 11) is 0. The van der Waals surface area contributed by atoms with E-state index in [1.165, 1.54) is 32.1 Å². The molecule has 0 radical (unpaired) electrons. The van der Waals surface area contributed by atoms with Crippen LogP contribution in [0.3, 0.4) is 0 Å². The first-order valence-electron chi connectivity index (χ1n) is 5.10. The predicted molar refractivity (Wildman–Crippen MR) is 54.8 cm³/mol. The molecule has 72 valence electrons. The molecule has 0 bridgehead atoms. The summed E-state index contributed by atoms with van der Waals surface area (Å²) in [5.41, 5.74) is 0.426. The highest BCUT2D eigenvalue weighted by Crippen LogP contribution is 2.36. The molecule has 0 saturated heterocycles. The number of nitrogens with one attached hydrogen (secondary N) is 1. The second-order valence-corrected chi connectivity index (χ2v) is 4.24. The summed E-state index contributed by atoms with van der Waals surface area (Å²) in [6.07, 6.45) is 6.80. The summed E-state index contributed by atoms with van der Waals surface area (Å²) in [5.74, 6) is 0.833. The van der Waals surface area contributed by atoms with Gasteiger partial charge in [-0.15, -0.1) is 11.6 Å². The molecule has 0 heterocycles. The maximum Gasteiger partial charge on any atom is 0.0292 e. The summed E-state index contributed by atoms with van der Waals surface area (Å²) in [6.45, 7) is 4.34. The van der Waals surface area contributed by atoms with Crippen molar-refractivity contribution in [2.45, 2.75) is 39.0 Å². The van der Waals surface area contributed by atoms with Gasteiger partial charge in [0, 0.05) is 12.4 Å². The average molecular weight is 190 g/mol. The van der Waals surface area contributed by atoms with Gasteiger partial charge in [0.1, 0.15) is 0 Å². The molecule has 0 aromatic carbocycles. The summed E-state index contributed by atoms with van der Waals surface area (Å²) in [5, 5.41) is 3.43. The van der Waals surface area contributed by atoms with Gasteiger partial charge in [-0.3, -0.25) is 0 Å². The van der Waals surface area contributed by atoms with E-state index in [2.05, 4.69) is 12.2 Å². The van der Waals surface area contributed by atoms with E-state index >= 15 is 0 Å². The molecule has 1 rings (SSSR count). The first kappa shape index (κ1) is 10.3. The molecule has 0 unspecified atom stereocenters. The molecule has 0 atom stereocenters. The highest BCUT2D eigenvalue weighted by molar-refractivity contribution is 6.18. The lowest BCUT2D eigenvalue weighted by atomic mass is 9.75. The Morgan fingerprint density at radius 2 is 1.92 bits per heavy atom. The summed E-state index contributed by atoms with van der Waals surface area (Å²) in [4.78, 5) is 0. The largest absolute Gasteiger partial charge is 0.316 e. The zero-order valence-electron chi connectivity index (χ0n) is 8.03. The summed E-state index contributed by atoms with van der Waals surface area (Å²) < 4.78 is 0. The fraction of sp³-hybridized carbons (Fsp3) is 1.00.